The smallest absolute Gasteiger partial charge is 0.269 e. The highest BCUT2D eigenvalue weighted by Crippen LogP contribution is 2.24. The highest BCUT2D eigenvalue weighted by atomic mass is 35.5. The van der Waals surface area contributed by atoms with Gasteiger partial charge >= 0.3 is 0 Å². The molecule has 1 unspecified atom stereocenters. The summed E-state index contributed by atoms with van der Waals surface area (Å²) in [5.74, 6) is 0.168. The summed E-state index contributed by atoms with van der Waals surface area (Å²) in [6, 6.07) is 9.45. The molecule has 0 aliphatic carbocycles. The van der Waals surface area contributed by atoms with Crippen molar-refractivity contribution in [2.45, 2.75) is 39.3 Å². The molecule has 0 radical (unpaired) electrons. The first kappa shape index (κ1) is 23.5. The van der Waals surface area contributed by atoms with Crippen molar-refractivity contribution >= 4 is 34.7 Å². The van der Waals surface area contributed by atoms with E-state index < -0.39 is 11.6 Å². The molecule has 1 aromatic carbocycles. The number of nitrogens with zero attached hydrogens (tertiary/aromatic N) is 4. The summed E-state index contributed by atoms with van der Waals surface area (Å²) in [5, 5.41) is 23.8. The Morgan fingerprint density at radius 1 is 1.25 bits per heavy atom. The number of hydrogen-bond donors (Lipinski definition) is 3. The van der Waals surface area contributed by atoms with Crippen LogP contribution in [0.2, 0.25) is 5.02 Å². The molecule has 10 heteroatoms. The lowest BCUT2D eigenvalue weighted by Crippen LogP contribution is -2.35. The average molecular weight is 459 g/mol. The normalized spacial score (nSPS) is 12.0. The second-order valence-electron chi connectivity index (χ2n) is 7.81. The summed E-state index contributed by atoms with van der Waals surface area (Å²) in [7, 11) is 0. The van der Waals surface area contributed by atoms with E-state index in [4.69, 9.17) is 16.7 Å². The lowest BCUT2D eigenvalue weighted by atomic mass is 10.0. The fourth-order valence-electron chi connectivity index (χ4n) is 3.20. The number of halogens is 1. The van der Waals surface area contributed by atoms with Gasteiger partial charge in [-0.05, 0) is 30.9 Å². The Bertz CT molecular complexity index is 1110. The van der Waals surface area contributed by atoms with E-state index in [0.717, 1.165) is 0 Å². The molecule has 0 fully saturated rings. The van der Waals surface area contributed by atoms with Crippen LogP contribution in [0.1, 0.15) is 32.7 Å². The number of aryl methyl sites for hydroxylation is 1. The standard InChI is InChI=1S/C22H27ClN6O3/c1-15(2)12-19(22(32)26-20-8-10-28(27-20)9-5-11-30)29-21(31)13-16(14-24-29)25-18-7-4-3-6-17(18)23/h3-4,6-8,10,13-15,19,25,30H,5,9,11-12H2,1-2H3,(H,26,27,32). The van der Waals surface area contributed by atoms with Gasteiger partial charge in [-0.3, -0.25) is 14.3 Å². The van der Waals surface area contributed by atoms with E-state index in [1.807, 2.05) is 26.0 Å². The number of aromatic nitrogens is 4. The van der Waals surface area contributed by atoms with Gasteiger partial charge < -0.3 is 15.7 Å². The van der Waals surface area contributed by atoms with Gasteiger partial charge in [0, 0.05) is 31.5 Å². The number of anilines is 3. The maximum atomic E-state index is 13.0. The van der Waals surface area contributed by atoms with Gasteiger partial charge in [-0.15, -0.1) is 0 Å². The van der Waals surface area contributed by atoms with Gasteiger partial charge in [-0.1, -0.05) is 37.6 Å². The van der Waals surface area contributed by atoms with E-state index >= 15 is 0 Å². The van der Waals surface area contributed by atoms with Crippen LogP contribution in [0.15, 0.2) is 53.6 Å². The van der Waals surface area contributed by atoms with Crippen LogP contribution in [0.25, 0.3) is 0 Å². The topological polar surface area (TPSA) is 114 Å². The van der Waals surface area contributed by atoms with Gasteiger partial charge in [0.2, 0.25) is 0 Å². The number of carbonyl (C=O) groups is 1. The summed E-state index contributed by atoms with van der Waals surface area (Å²) in [6.07, 6.45) is 4.22. The van der Waals surface area contributed by atoms with Crippen LogP contribution in [0.3, 0.4) is 0 Å². The third-order valence-corrected chi connectivity index (χ3v) is 5.04. The van der Waals surface area contributed by atoms with E-state index in [9.17, 15) is 9.59 Å². The predicted octanol–water partition coefficient (Wildman–Crippen LogP) is 3.45. The summed E-state index contributed by atoms with van der Waals surface area (Å²) >= 11 is 6.16. The number of aliphatic hydroxyl groups excluding tert-OH is 1. The fraction of sp³-hybridized carbons (Fsp3) is 0.364. The van der Waals surface area contributed by atoms with Gasteiger partial charge in [0.15, 0.2) is 5.82 Å². The molecular formula is C22H27ClN6O3. The predicted molar refractivity (Wildman–Crippen MR) is 124 cm³/mol. The minimum absolute atomic E-state index is 0.0634. The molecule has 0 aliphatic heterocycles. The second-order valence-corrected chi connectivity index (χ2v) is 8.21. The van der Waals surface area contributed by atoms with Crippen molar-refractivity contribution in [3.63, 3.8) is 0 Å². The lowest BCUT2D eigenvalue weighted by molar-refractivity contribution is -0.120. The van der Waals surface area contributed by atoms with Crippen LogP contribution < -0.4 is 16.2 Å². The minimum atomic E-state index is -0.792. The van der Waals surface area contributed by atoms with Gasteiger partial charge in [-0.2, -0.15) is 10.2 Å². The Labute approximate surface area is 191 Å². The molecule has 3 rings (SSSR count). The van der Waals surface area contributed by atoms with Crippen molar-refractivity contribution in [1.82, 2.24) is 19.6 Å². The molecule has 0 aliphatic rings. The third-order valence-electron chi connectivity index (χ3n) is 4.71. The Hall–Kier alpha value is -3.17. The summed E-state index contributed by atoms with van der Waals surface area (Å²) in [5.41, 5.74) is 0.725. The minimum Gasteiger partial charge on any atom is -0.396 e. The molecule has 1 amide bonds. The Morgan fingerprint density at radius 2 is 2.03 bits per heavy atom. The zero-order valence-corrected chi connectivity index (χ0v) is 18.8. The molecule has 2 heterocycles. The van der Waals surface area contributed by atoms with E-state index in [0.29, 0.717) is 41.6 Å². The molecule has 170 valence electrons. The lowest BCUT2D eigenvalue weighted by Gasteiger charge is -2.20. The summed E-state index contributed by atoms with van der Waals surface area (Å²) in [4.78, 5) is 25.8. The first-order valence-corrected chi connectivity index (χ1v) is 10.8. The fourth-order valence-corrected chi connectivity index (χ4v) is 3.38. The number of hydrogen-bond acceptors (Lipinski definition) is 6. The zero-order valence-electron chi connectivity index (χ0n) is 18.0. The molecule has 1 atom stereocenters. The zero-order chi connectivity index (χ0) is 23.1. The molecule has 9 nitrogen and oxygen atoms in total. The van der Waals surface area contributed by atoms with Gasteiger partial charge in [0.25, 0.3) is 11.5 Å². The van der Waals surface area contributed by atoms with Gasteiger partial charge in [0.1, 0.15) is 6.04 Å². The molecule has 0 saturated carbocycles. The first-order valence-electron chi connectivity index (χ1n) is 10.4. The molecule has 0 saturated heterocycles. The maximum Gasteiger partial charge on any atom is 0.269 e. The number of para-hydroxylation sites is 1. The van der Waals surface area contributed by atoms with E-state index in [2.05, 4.69) is 20.8 Å². The number of nitrogens with one attached hydrogen (secondary N) is 2. The molecule has 2 aromatic heterocycles. The number of carbonyl (C=O) groups excluding carboxylic acids is 1. The van der Waals surface area contributed by atoms with Crippen molar-refractivity contribution < 1.29 is 9.90 Å². The largest absolute Gasteiger partial charge is 0.396 e. The molecule has 3 aromatic rings. The number of rotatable bonds is 10. The van der Waals surface area contributed by atoms with Crippen LogP contribution in [0, 0.1) is 5.92 Å². The third kappa shape index (κ3) is 6.18. The molecule has 0 bridgehead atoms. The van der Waals surface area contributed by atoms with E-state index in [1.54, 1.807) is 29.1 Å². The maximum absolute atomic E-state index is 13.0. The number of aliphatic hydroxyl groups is 1. The van der Waals surface area contributed by atoms with Gasteiger partial charge in [-0.25, -0.2) is 4.68 Å². The van der Waals surface area contributed by atoms with Crippen molar-refractivity contribution in [1.29, 1.82) is 0 Å². The molecular weight excluding hydrogens is 432 g/mol. The quantitative estimate of drug-likeness (QED) is 0.428. The average Bonchev–Trinajstić information content (AvgIpc) is 3.19. The van der Waals surface area contributed by atoms with Crippen LogP contribution in [0.4, 0.5) is 17.2 Å². The van der Waals surface area contributed by atoms with Crippen LogP contribution >= 0.6 is 11.6 Å². The Morgan fingerprint density at radius 3 is 2.72 bits per heavy atom. The van der Waals surface area contributed by atoms with E-state index in [-0.39, 0.29) is 18.4 Å². The number of benzene rings is 1. The van der Waals surface area contributed by atoms with Crippen molar-refractivity contribution in [2.24, 2.45) is 5.92 Å². The highest BCUT2D eigenvalue weighted by molar-refractivity contribution is 6.33. The van der Waals surface area contributed by atoms with Crippen LogP contribution in [-0.2, 0) is 11.3 Å². The van der Waals surface area contributed by atoms with Crippen molar-refractivity contribution in [3.8, 4) is 0 Å². The molecule has 3 N–H and O–H groups in total. The first-order chi connectivity index (χ1) is 15.4. The second kappa shape index (κ2) is 10.9. The van der Waals surface area contributed by atoms with Gasteiger partial charge in [0.05, 0.1) is 22.6 Å². The molecule has 32 heavy (non-hydrogen) atoms. The Kier molecular flexibility index (Phi) is 8.02. The monoisotopic (exact) mass is 458 g/mol. The van der Waals surface area contributed by atoms with Crippen LogP contribution in [-0.4, -0.2) is 37.2 Å². The van der Waals surface area contributed by atoms with Crippen molar-refractivity contribution in [3.05, 3.63) is 64.2 Å². The van der Waals surface area contributed by atoms with Crippen LogP contribution in [0.5, 0.6) is 0 Å². The van der Waals surface area contributed by atoms with E-state index in [1.165, 1.54) is 16.9 Å². The molecule has 0 spiro atoms. The highest BCUT2D eigenvalue weighted by Gasteiger charge is 2.25. The number of amides is 1. The van der Waals surface area contributed by atoms with Crippen molar-refractivity contribution in [2.75, 3.05) is 17.2 Å². The SMILES string of the molecule is CC(C)CC(C(=O)Nc1ccn(CCCO)n1)n1ncc(Nc2ccccc2Cl)cc1=O. The summed E-state index contributed by atoms with van der Waals surface area (Å²) in [6.45, 7) is 4.56. The summed E-state index contributed by atoms with van der Waals surface area (Å²) < 4.78 is 2.83. The Balaban J connectivity index is 1.79.